The third-order valence-electron chi connectivity index (χ3n) is 2.43. The van der Waals surface area contributed by atoms with Crippen LogP contribution in [0.5, 0.6) is 0 Å². The van der Waals surface area contributed by atoms with E-state index in [9.17, 15) is 4.79 Å². The Morgan fingerprint density at radius 3 is 3.00 bits per heavy atom. The monoisotopic (exact) mass is 266 g/mol. The summed E-state index contributed by atoms with van der Waals surface area (Å²) in [5.41, 5.74) is 0. The summed E-state index contributed by atoms with van der Waals surface area (Å²) < 4.78 is 10.6. The first kappa shape index (κ1) is 16.6. The highest BCUT2D eigenvalue weighted by Crippen LogP contribution is 1.92. The van der Waals surface area contributed by atoms with E-state index in [4.69, 9.17) is 9.47 Å². The van der Waals surface area contributed by atoms with Crippen molar-refractivity contribution in [2.45, 2.75) is 25.8 Å². The van der Waals surface area contributed by atoms with Crippen LogP contribution in [0.25, 0.3) is 0 Å². The molecule has 1 unspecified atom stereocenters. The van der Waals surface area contributed by atoms with Crippen molar-refractivity contribution in [2.24, 2.45) is 0 Å². The van der Waals surface area contributed by atoms with Gasteiger partial charge >= 0.3 is 0 Å². The third-order valence-corrected chi connectivity index (χ3v) is 2.43. The molecule has 0 saturated carbocycles. The van der Waals surface area contributed by atoms with Gasteiger partial charge in [-0.2, -0.15) is 0 Å². The molecule has 0 spiro atoms. The minimum absolute atomic E-state index is 0. The minimum Gasteiger partial charge on any atom is -0.380 e. The van der Waals surface area contributed by atoms with Crippen LogP contribution in [0.15, 0.2) is 0 Å². The molecule has 5 nitrogen and oxygen atoms in total. The van der Waals surface area contributed by atoms with Crippen molar-refractivity contribution in [2.75, 3.05) is 39.5 Å². The van der Waals surface area contributed by atoms with Crippen LogP contribution in [-0.2, 0) is 14.3 Å². The number of amides is 1. The molecular weight excluding hydrogens is 244 g/mol. The lowest BCUT2D eigenvalue weighted by molar-refractivity contribution is -0.126. The fourth-order valence-electron chi connectivity index (χ4n) is 1.45. The van der Waals surface area contributed by atoms with Crippen LogP contribution in [0, 0.1) is 0 Å². The van der Waals surface area contributed by atoms with Gasteiger partial charge in [-0.15, -0.1) is 12.4 Å². The number of unbranched alkanes of at least 4 members (excludes halogenated alkanes) is 1. The molecule has 0 radical (unpaired) electrons. The van der Waals surface area contributed by atoms with Crippen molar-refractivity contribution in [1.82, 2.24) is 10.6 Å². The first-order valence-electron chi connectivity index (χ1n) is 6.01. The van der Waals surface area contributed by atoms with Crippen LogP contribution in [0.3, 0.4) is 0 Å². The second kappa shape index (κ2) is 10.8. The van der Waals surface area contributed by atoms with Crippen LogP contribution in [0.2, 0.25) is 0 Å². The van der Waals surface area contributed by atoms with E-state index >= 15 is 0 Å². The van der Waals surface area contributed by atoms with Gasteiger partial charge in [-0.1, -0.05) is 13.3 Å². The number of hydrogen-bond acceptors (Lipinski definition) is 4. The van der Waals surface area contributed by atoms with Gasteiger partial charge in [-0.25, -0.2) is 0 Å². The summed E-state index contributed by atoms with van der Waals surface area (Å²) >= 11 is 0. The van der Waals surface area contributed by atoms with Gasteiger partial charge in [0.1, 0.15) is 6.04 Å². The first-order valence-corrected chi connectivity index (χ1v) is 6.01. The van der Waals surface area contributed by atoms with Gasteiger partial charge in [0, 0.05) is 19.7 Å². The van der Waals surface area contributed by atoms with E-state index in [1.807, 2.05) is 0 Å². The highest BCUT2D eigenvalue weighted by molar-refractivity contribution is 5.85. The number of morpholine rings is 1. The second-order valence-electron chi connectivity index (χ2n) is 3.84. The average Bonchev–Trinajstić information content (AvgIpc) is 2.34. The number of rotatable bonds is 7. The van der Waals surface area contributed by atoms with Crippen molar-refractivity contribution >= 4 is 18.3 Å². The van der Waals surface area contributed by atoms with Crippen molar-refractivity contribution in [3.63, 3.8) is 0 Å². The van der Waals surface area contributed by atoms with E-state index in [1.54, 1.807) is 0 Å². The van der Waals surface area contributed by atoms with E-state index < -0.39 is 0 Å². The maximum absolute atomic E-state index is 11.6. The lowest BCUT2D eigenvalue weighted by Gasteiger charge is -2.22. The molecule has 0 bridgehead atoms. The smallest absolute Gasteiger partial charge is 0.239 e. The molecule has 1 rings (SSSR count). The van der Waals surface area contributed by atoms with Gasteiger partial charge in [0.2, 0.25) is 5.91 Å². The minimum atomic E-state index is -0.204. The molecule has 1 saturated heterocycles. The predicted molar refractivity (Wildman–Crippen MR) is 68.6 cm³/mol. The van der Waals surface area contributed by atoms with E-state index in [1.165, 1.54) is 0 Å². The van der Waals surface area contributed by atoms with Gasteiger partial charge in [0.15, 0.2) is 0 Å². The number of hydrogen-bond donors (Lipinski definition) is 2. The Bertz CT molecular complexity index is 199. The maximum atomic E-state index is 11.6. The molecule has 0 aromatic carbocycles. The summed E-state index contributed by atoms with van der Waals surface area (Å²) in [4.78, 5) is 11.6. The Kier molecular flexibility index (Phi) is 10.5. The van der Waals surface area contributed by atoms with Crippen LogP contribution in [0.4, 0.5) is 0 Å². The molecule has 0 aliphatic carbocycles. The standard InChI is InChI=1S/C11H22N2O3.ClH/c1-2-3-6-15-7-5-13-11(14)10-9-16-8-4-12-10;/h10,12H,2-9H2,1H3,(H,13,14);1H. The van der Waals surface area contributed by atoms with E-state index in [-0.39, 0.29) is 24.4 Å². The molecule has 17 heavy (non-hydrogen) atoms. The fourth-order valence-corrected chi connectivity index (χ4v) is 1.45. The lowest BCUT2D eigenvalue weighted by Crippen LogP contribution is -2.51. The van der Waals surface area contributed by atoms with Crippen molar-refractivity contribution in [3.05, 3.63) is 0 Å². The average molecular weight is 267 g/mol. The van der Waals surface area contributed by atoms with Gasteiger partial charge in [0.05, 0.1) is 19.8 Å². The van der Waals surface area contributed by atoms with Crippen LogP contribution < -0.4 is 10.6 Å². The fraction of sp³-hybridized carbons (Fsp3) is 0.909. The molecule has 1 amide bonds. The largest absolute Gasteiger partial charge is 0.380 e. The second-order valence-corrected chi connectivity index (χ2v) is 3.84. The zero-order valence-corrected chi connectivity index (χ0v) is 11.2. The summed E-state index contributed by atoms with van der Waals surface area (Å²) in [6, 6.07) is -0.204. The molecule has 1 atom stereocenters. The van der Waals surface area contributed by atoms with Gasteiger partial charge in [-0.05, 0) is 6.42 Å². The molecule has 1 aliphatic rings. The maximum Gasteiger partial charge on any atom is 0.239 e. The van der Waals surface area contributed by atoms with Crippen LogP contribution in [0.1, 0.15) is 19.8 Å². The van der Waals surface area contributed by atoms with Gasteiger partial charge < -0.3 is 20.1 Å². The zero-order chi connectivity index (χ0) is 11.6. The van der Waals surface area contributed by atoms with E-state index in [0.717, 1.165) is 26.0 Å². The Morgan fingerprint density at radius 1 is 1.53 bits per heavy atom. The number of carbonyl (C=O) groups excluding carboxylic acids is 1. The predicted octanol–water partition coefficient (Wildman–Crippen LogP) is 0.330. The summed E-state index contributed by atoms with van der Waals surface area (Å²) in [5, 5.41) is 5.93. The van der Waals surface area contributed by atoms with Crippen molar-refractivity contribution < 1.29 is 14.3 Å². The normalized spacial score (nSPS) is 19.5. The van der Waals surface area contributed by atoms with Crippen molar-refractivity contribution in [1.29, 1.82) is 0 Å². The Labute approximate surface area is 109 Å². The molecule has 6 heteroatoms. The summed E-state index contributed by atoms with van der Waals surface area (Å²) in [6.07, 6.45) is 2.21. The molecule has 0 aromatic heterocycles. The van der Waals surface area contributed by atoms with Crippen molar-refractivity contribution in [3.8, 4) is 0 Å². The summed E-state index contributed by atoms with van der Waals surface area (Å²) in [5.74, 6) is -0.00112. The van der Waals surface area contributed by atoms with Crippen LogP contribution >= 0.6 is 12.4 Å². The van der Waals surface area contributed by atoms with E-state index in [0.29, 0.717) is 26.4 Å². The zero-order valence-electron chi connectivity index (χ0n) is 10.4. The van der Waals surface area contributed by atoms with Gasteiger partial charge in [-0.3, -0.25) is 4.79 Å². The highest BCUT2D eigenvalue weighted by Gasteiger charge is 2.20. The highest BCUT2D eigenvalue weighted by atomic mass is 35.5. The summed E-state index contributed by atoms with van der Waals surface area (Å²) in [6.45, 7) is 5.94. The Balaban J connectivity index is 0.00000256. The number of carbonyl (C=O) groups is 1. The SMILES string of the molecule is CCCCOCCNC(=O)C1COCCN1.Cl. The molecule has 1 heterocycles. The molecule has 2 N–H and O–H groups in total. The summed E-state index contributed by atoms with van der Waals surface area (Å²) in [7, 11) is 0. The quantitative estimate of drug-likeness (QED) is 0.652. The topological polar surface area (TPSA) is 59.6 Å². The third kappa shape index (κ3) is 7.54. The molecule has 0 aromatic rings. The van der Waals surface area contributed by atoms with E-state index in [2.05, 4.69) is 17.6 Å². The van der Waals surface area contributed by atoms with Gasteiger partial charge in [0.25, 0.3) is 0 Å². The number of ether oxygens (including phenoxy) is 2. The molecular formula is C11H23ClN2O3. The Hall–Kier alpha value is -0.360. The number of halogens is 1. The number of nitrogens with one attached hydrogen (secondary N) is 2. The molecule has 1 fully saturated rings. The lowest BCUT2D eigenvalue weighted by atomic mass is 10.2. The Morgan fingerprint density at radius 2 is 2.35 bits per heavy atom. The van der Waals surface area contributed by atoms with Crippen LogP contribution in [-0.4, -0.2) is 51.5 Å². The first-order chi connectivity index (χ1) is 7.84. The molecule has 102 valence electrons. The molecule has 1 aliphatic heterocycles.